The molecule has 0 bridgehead atoms. The topological polar surface area (TPSA) is 119 Å². The van der Waals surface area contributed by atoms with E-state index in [0.29, 0.717) is 29.3 Å². The zero-order valence-corrected chi connectivity index (χ0v) is 24.6. The normalized spacial score (nSPS) is 13.2. The van der Waals surface area contributed by atoms with Gasteiger partial charge in [0.25, 0.3) is 5.91 Å². The molecular formula is C33H38N4O5. The van der Waals surface area contributed by atoms with Gasteiger partial charge in [-0.2, -0.15) is 0 Å². The number of aromatic nitrogens is 1. The molecule has 0 saturated heterocycles. The van der Waals surface area contributed by atoms with Crippen LogP contribution >= 0.6 is 0 Å². The van der Waals surface area contributed by atoms with Gasteiger partial charge in [0.05, 0.1) is 6.61 Å². The van der Waals surface area contributed by atoms with Gasteiger partial charge in [-0.05, 0) is 101 Å². The minimum absolute atomic E-state index is 0.0932. The molecular weight excluding hydrogens is 532 g/mol. The lowest BCUT2D eigenvalue weighted by atomic mass is 9.86. The zero-order chi connectivity index (χ0) is 30.1. The Kier molecular flexibility index (Phi) is 9.96. The molecule has 3 N–H and O–H groups in total. The van der Waals surface area contributed by atoms with Gasteiger partial charge in [-0.25, -0.2) is 14.6 Å². The van der Waals surface area contributed by atoms with Crippen molar-refractivity contribution in [3.05, 3.63) is 89.1 Å². The van der Waals surface area contributed by atoms with Crippen molar-refractivity contribution in [3.8, 4) is 0 Å². The van der Waals surface area contributed by atoms with E-state index >= 15 is 0 Å². The van der Waals surface area contributed by atoms with Gasteiger partial charge in [-0.3, -0.25) is 15.4 Å². The molecule has 4 rings (SSSR count). The predicted octanol–water partition coefficient (Wildman–Crippen LogP) is 7.49. The van der Waals surface area contributed by atoms with Crippen LogP contribution in [0.15, 0.2) is 72.3 Å². The number of carbonyl (C=O) groups is 3. The molecule has 9 nitrogen and oxygen atoms in total. The average molecular weight is 571 g/mol. The summed E-state index contributed by atoms with van der Waals surface area (Å²) in [7, 11) is 0. The molecule has 9 heteroatoms. The first kappa shape index (κ1) is 30.3. The summed E-state index contributed by atoms with van der Waals surface area (Å²) in [6, 6.07) is 20.4. The van der Waals surface area contributed by atoms with E-state index in [2.05, 4.69) is 52.1 Å². The van der Waals surface area contributed by atoms with Crippen LogP contribution in [0.5, 0.6) is 0 Å². The van der Waals surface area contributed by atoms with Crippen molar-refractivity contribution in [1.29, 1.82) is 0 Å². The number of ether oxygens (including phenoxy) is 2. The Morgan fingerprint density at radius 1 is 0.810 bits per heavy atom. The lowest BCUT2D eigenvalue weighted by molar-refractivity contribution is -0.113. The fourth-order valence-corrected chi connectivity index (χ4v) is 4.57. The van der Waals surface area contributed by atoms with Crippen molar-refractivity contribution >= 4 is 40.9 Å². The molecule has 0 atom stereocenters. The minimum atomic E-state index is -0.615. The number of pyridine rings is 1. The highest BCUT2D eigenvalue weighted by molar-refractivity contribution is 6.09. The summed E-state index contributed by atoms with van der Waals surface area (Å²) in [5.74, 6) is 0.258. The molecule has 0 radical (unpaired) electrons. The van der Waals surface area contributed by atoms with E-state index in [1.54, 1.807) is 63.2 Å². The van der Waals surface area contributed by atoms with Crippen LogP contribution in [-0.2, 0) is 20.7 Å². The number of benzene rings is 2. The Labute approximate surface area is 246 Å². The summed E-state index contributed by atoms with van der Waals surface area (Å²) < 4.78 is 10.5. The number of rotatable bonds is 8. The number of hydrogen-bond donors (Lipinski definition) is 3. The van der Waals surface area contributed by atoms with Crippen molar-refractivity contribution in [2.75, 3.05) is 22.6 Å². The van der Waals surface area contributed by atoms with E-state index in [1.807, 2.05) is 0 Å². The Morgan fingerprint density at radius 2 is 1.48 bits per heavy atom. The summed E-state index contributed by atoms with van der Waals surface area (Å²) in [5, 5.41) is 8.28. The largest absolute Gasteiger partial charge is 0.449 e. The standard InChI is InChI=1S/C33H38N4O5/c1-22-12-14-23(15-13-22)27-9-5-6-10-28(27)30(38)35-25-16-18-26(19-17-25)36-31(39)41-21-20-24-8-7-11-29(34-24)37-32(40)42-33(2,3)4/h7-8,11-19H,5-6,9-10,20-21H2,1-4H3,(H,35,38)(H,36,39)(H,34,37,40). The molecule has 1 aromatic heterocycles. The molecule has 0 spiro atoms. The van der Waals surface area contributed by atoms with Gasteiger partial charge in [0.1, 0.15) is 11.4 Å². The SMILES string of the molecule is Cc1ccc(C2=C(C(=O)Nc3ccc(NC(=O)OCCc4cccc(NC(=O)OC(C)(C)C)n4)cc3)CCCC2)cc1. The van der Waals surface area contributed by atoms with E-state index in [9.17, 15) is 14.4 Å². The summed E-state index contributed by atoms with van der Waals surface area (Å²) in [6.07, 6.45) is 2.87. The van der Waals surface area contributed by atoms with E-state index in [0.717, 1.165) is 42.4 Å². The second-order valence-corrected chi connectivity index (χ2v) is 11.2. The lowest BCUT2D eigenvalue weighted by Gasteiger charge is -2.20. The van der Waals surface area contributed by atoms with Crippen molar-refractivity contribution in [2.45, 2.75) is 65.4 Å². The van der Waals surface area contributed by atoms with E-state index in [4.69, 9.17) is 9.47 Å². The maximum atomic E-state index is 13.2. The number of anilines is 3. The fraction of sp³-hybridized carbons (Fsp3) is 0.333. The van der Waals surface area contributed by atoms with Crippen LogP contribution in [0.4, 0.5) is 26.8 Å². The second kappa shape index (κ2) is 13.8. The molecule has 0 unspecified atom stereocenters. The first-order valence-corrected chi connectivity index (χ1v) is 14.2. The molecule has 1 aliphatic rings. The third-order valence-electron chi connectivity index (χ3n) is 6.56. The molecule has 42 heavy (non-hydrogen) atoms. The van der Waals surface area contributed by atoms with Gasteiger partial charge in [0.2, 0.25) is 0 Å². The Morgan fingerprint density at radius 3 is 2.17 bits per heavy atom. The van der Waals surface area contributed by atoms with Crippen molar-refractivity contribution in [1.82, 2.24) is 4.98 Å². The quantitative estimate of drug-likeness (QED) is 0.258. The molecule has 220 valence electrons. The van der Waals surface area contributed by atoms with Crippen LogP contribution in [0.25, 0.3) is 5.57 Å². The molecule has 3 aromatic rings. The molecule has 1 heterocycles. The monoisotopic (exact) mass is 570 g/mol. The minimum Gasteiger partial charge on any atom is -0.449 e. The maximum absolute atomic E-state index is 13.2. The third kappa shape index (κ3) is 9.19. The van der Waals surface area contributed by atoms with Crippen molar-refractivity contribution < 1.29 is 23.9 Å². The summed E-state index contributed by atoms with van der Waals surface area (Å²) in [4.78, 5) is 41.8. The van der Waals surface area contributed by atoms with Gasteiger partial charge in [0, 0.05) is 29.1 Å². The highest BCUT2D eigenvalue weighted by atomic mass is 16.6. The van der Waals surface area contributed by atoms with Gasteiger partial charge < -0.3 is 14.8 Å². The Hall–Kier alpha value is -4.66. The molecule has 0 fully saturated rings. The number of carbonyl (C=O) groups excluding carboxylic acids is 3. The third-order valence-corrected chi connectivity index (χ3v) is 6.56. The second-order valence-electron chi connectivity index (χ2n) is 11.2. The van der Waals surface area contributed by atoms with E-state index in [-0.39, 0.29) is 12.5 Å². The smallest absolute Gasteiger partial charge is 0.413 e. The predicted molar refractivity (Wildman–Crippen MR) is 164 cm³/mol. The van der Waals surface area contributed by atoms with Crippen LogP contribution in [0.1, 0.15) is 63.3 Å². The van der Waals surface area contributed by atoms with Crippen molar-refractivity contribution in [3.63, 3.8) is 0 Å². The van der Waals surface area contributed by atoms with Crippen LogP contribution in [-0.4, -0.2) is 35.3 Å². The molecule has 0 saturated carbocycles. The highest BCUT2D eigenvalue weighted by Crippen LogP contribution is 2.33. The maximum Gasteiger partial charge on any atom is 0.413 e. The number of hydrogen-bond acceptors (Lipinski definition) is 6. The van der Waals surface area contributed by atoms with Crippen LogP contribution in [0.2, 0.25) is 0 Å². The van der Waals surface area contributed by atoms with Gasteiger partial charge in [0.15, 0.2) is 0 Å². The van der Waals surface area contributed by atoms with E-state index < -0.39 is 17.8 Å². The van der Waals surface area contributed by atoms with Gasteiger partial charge in [-0.15, -0.1) is 0 Å². The number of amides is 3. The first-order chi connectivity index (χ1) is 20.1. The lowest BCUT2D eigenvalue weighted by Crippen LogP contribution is -2.27. The molecule has 1 aliphatic carbocycles. The highest BCUT2D eigenvalue weighted by Gasteiger charge is 2.21. The van der Waals surface area contributed by atoms with Crippen LogP contribution < -0.4 is 16.0 Å². The zero-order valence-electron chi connectivity index (χ0n) is 24.6. The average Bonchev–Trinajstić information content (AvgIpc) is 2.94. The number of nitrogens with zero attached hydrogens (tertiary/aromatic N) is 1. The van der Waals surface area contributed by atoms with Gasteiger partial charge in [-0.1, -0.05) is 35.9 Å². The van der Waals surface area contributed by atoms with Crippen LogP contribution in [0, 0.1) is 6.92 Å². The number of nitrogens with one attached hydrogen (secondary N) is 3. The Bertz CT molecular complexity index is 1440. The molecule has 0 aliphatic heterocycles. The van der Waals surface area contributed by atoms with E-state index in [1.165, 1.54) is 5.56 Å². The van der Waals surface area contributed by atoms with Crippen LogP contribution in [0.3, 0.4) is 0 Å². The summed E-state index contributed by atoms with van der Waals surface area (Å²) in [5.41, 5.74) is 5.45. The Balaban J connectivity index is 1.26. The number of allylic oxidation sites excluding steroid dienone is 1. The first-order valence-electron chi connectivity index (χ1n) is 14.2. The molecule has 3 amide bonds. The number of aryl methyl sites for hydroxylation is 1. The summed E-state index contributed by atoms with van der Waals surface area (Å²) in [6.45, 7) is 7.49. The fourth-order valence-electron chi connectivity index (χ4n) is 4.57. The van der Waals surface area contributed by atoms with Crippen molar-refractivity contribution in [2.24, 2.45) is 0 Å². The summed E-state index contributed by atoms with van der Waals surface area (Å²) >= 11 is 0. The van der Waals surface area contributed by atoms with Gasteiger partial charge >= 0.3 is 12.2 Å². The molecule has 2 aromatic carbocycles.